The van der Waals surface area contributed by atoms with Crippen molar-refractivity contribution < 1.29 is 38.4 Å². The standard InChI is InChI=1S/C21H28O8/c1-7-28-20(24)17(12(3)22)19(18(13(4)23)21(25)29-8-2)14-9-10-15(26-5)16(11-14)27-6/h9-11,17,19,23H,7-8H2,1-6H3/b18-13+. The summed E-state index contributed by atoms with van der Waals surface area (Å²) in [6.07, 6.45) is 0. The molecule has 1 aromatic rings. The highest BCUT2D eigenvalue weighted by Gasteiger charge is 2.41. The lowest BCUT2D eigenvalue weighted by Gasteiger charge is -2.26. The Hall–Kier alpha value is -3.03. The minimum Gasteiger partial charge on any atom is -0.512 e. The molecule has 1 N–H and O–H groups in total. The van der Waals surface area contributed by atoms with E-state index in [2.05, 4.69) is 0 Å². The van der Waals surface area contributed by atoms with E-state index in [0.717, 1.165) is 0 Å². The zero-order valence-electron chi connectivity index (χ0n) is 17.6. The number of ketones is 1. The van der Waals surface area contributed by atoms with E-state index >= 15 is 0 Å². The van der Waals surface area contributed by atoms with Crippen LogP contribution in [-0.2, 0) is 23.9 Å². The average Bonchev–Trinajstić information content (AvgIpc) is 2.66. The molecule has 160 valence electrons. The number of Topliss-reactive ketones (excluding diaryl/α,β-unsaturated/α-hetero) is 1. The summed E-state index contributed by atoms with van der Waals surface area (Å²) in [4.78, 5) is 37.7. The van der Waals surface area contributed by atoms with Crippen LogP contribution in [0.2, 0.25) is 0 Å². The molecule has 0 aliphatic heterocycles. The van der Waals surface area contributed by atoms with Gasteiger partial charge in [0.2, 0.25) is 0 Å². The van der Waals surface area contributed by atoms with Gasteiger partial charge in [-0.05, 0) is 45.4 Å². The van der Waals surface area contributed by atoms with Crippen LogP contribution >= 0.6 is 0 Å². The van der Waals surface area contributed by atoms with Crippen LogP contribution in [0.1, 0.15) is 39.2 Å². The minimum atomic E-state index is -1.37. The summed E-state index contributed by atoms with van der Waals surface area (Å²) < 4.78 is 20.7. The van der Waals surface area contributed by atoms with E-state index in [9.17, 15) is 19.5 Å². The van der Waals surface area contributed by atoms with Crippen LogP contribution in [0, 0.1) is 5.92 Å². The number of ether oxygens (including phenoxy) is 4. The van der Waals surface area contributed by atoms with Gasteiger partial charge in [0, 0.05) is 5.92 Å². The van der Waals surface area contributed by atoms with E-state index < -0.39 is 29.6 Å². The van der Waals surface area contributed by atoms with Crippen LogP contribution in [0.25, 0.3) is 0 Å². The molecule has 0 aromatic heterocycles. The number of rotatable bonds is 10. The third-order valence-corrected chi connectivity index (χ3v) is 4.27. The number of carbonyl (C=O) groups is 3. The van der Waals surface area contributed by atoms with Crippen molar-refractivity contribution in [3.8, 4) is 11.5 Å². The highest BCUT2D eigenvalue weighted by molar-refractivity contribution is 6.02. The first-order chi connectivity index (χ1) is 13.7. The Kier molecular flexibility index (Phi) is 9.18. The van der Waals surface area contributed by atoms with E-state index in [-0.39, 0.29) is 24.5 Å². The SMILES string of the molecule is CCOC(=O)/C(=C(\C)O)C(c1ccc(OC)c(OC)c1)C(C(C)=O)C(=O)OCC. The van der Waals surface area contributed by atoms with Crippen molar-refractivity contribution in [3.05, 3.63) is 35.1 Å². The Morgan fingerprint density at radius 2 is 1.55 bits per heavy atom. The first-order valence-electron chi connectivity index (χ1n) is 9.19. The second-order valence-corrected chi connectivity index (χ2v) is 6.15. The number of aliphatic hydroxyl groups excluding tert-OH is 1. The number of methoxy groups -OCH3 is 2. The average molecular weight is 408 g/mol. The zero-order chi connectivity index (χ0) is 22.1. The van der Waals surface area contributed by atoms with E-state index in [4.69, 9.17) is 18.9 Å². The lowest BCUT2D eigenvalue weighted by molar-refractivity contribution is -0.152. The first kappa shape index (κ1) is 24.0. The fourth-order valence-corrected chi connectivity index (χ4v) is 3.05. The van der Waals surface area contributed by atoms with Gasteiger partial charge in [0.25, 0.3) is 0 Å². The van der Waals surface area contributed by atoms with Crippen LogP contribution < -0.4 is 9.47 Å². The van der Waals surface area contributed by atoms with E-state index in [1.54, 1.807) is 32.0 Å². The molecule has 0 fully saturated rings. The number of allylic oxidation sites excluding steroid dienone is 1. The number of hydrogen-bond acceptors (Lipinski definition) is 8. The molecule has 8 heteroatoms. The van der Waals surface area contributed by atoms with Gasteiger partial charge in [0.05, 0.1) is 33.0 Å². The zero-order valence-corrected chi connectivity index (χ0v) is 17.6. The van der Waals surface area contributed by atoms with Gasteiger partial charge in [-0.15, -0.1) is 0 Å². The van der Waals surface area contributed by atoms with Gasteiger partial charge in [0.15, 0.2) is 11.5 Å². The largest absolute Gasteiger partial charge is 0.512 e. The molecule has 0 aliphatic carbocycles. The Morgan fingerprint density at radius 1 is 0.966 bits per heavy atom. The summed E-state index contributed by atoms with van der Waals surface area (Å²) in [5.41, 5.74) is 0.180. The van der Waals surface area contributed by atoms with Crippen molar-refractivity contribution in [2.45, 2.75) is 33.6 Å². The summed E-state index contributed by atoms with van der Waals surface area (Å²) >= 11 is 0. The second kappa shape index (κ2) is 11.1. The Morgan fingerprint density at radius 3 is 2.00 bits per heavy atom. The molecule has 0 saturated heterocycles. The molecule has 0 bridgehead atoms. The van der Waals surface area contributed by atoms with Gasteiger partial charge in [-0.25, -0.2) is 4.79 Å². The van der Waals surface area contributed by atoms with Gasteiger partial charge in [-0.2, -0.15) is 0 Å². The highest BCUT2D eigenvalue weighted by atomic mass is 16.5. The van der Waals surface area contributed by atoms with E-state index in [1.165, 1.54) is 28.1 Å². The molecule has 1 aromatic carbocycles. The van der Waals surface area contributed by atoms with E-state index in [1.807, 2.05) is 0 Å². The maximum Gasteiger partial charge on any atom is 0.338 e. The molecule has 0 aliphatic rings. The quantitative estimate of drug-likeness (QED) is 0.272. The lowest BCUT2D eigenvalue weighted by Crippen LogP contribution is -2.34. The second-order valence-electron chi connectivity index (χ2n) is 6.15. The summed E-state index contributed by atoms with van der Waals surface area (Å²) in [5, 5.41) is 10.3. The summed E-state index contributed by atoms with van der Waals surface area (Å²) in [7, 11) is 2.90. The smallest absolute Gasteiger partial charge is 0.338 e. The summed E-state index contributed by atoms with van der Waals surface area (Å²) in [6.45, 7) is 5.85. The summed E-state index contributed by atoms with van der Waals surface area (Å²) in [6, 6.07) is 4.71. The Labute approximate surface area is 170 Å². The Balaban J connectivity index is 3.77. The monoisotopic (exact) mass is 408 g/mol. The number of aliphatic hydroxyl groups is 1. The first-order valence-corrected chi connectivity index (χ1v) is 9.19. The van der Waals surface area contributed by atoms with Crippen LogP contribution in [0.15, 0.2) is 29.5 Å². The van der Waals surface area contributed by atoms with Gasteiger partial charge in [-0.1, -0.05) is 6.07 Å². The van der Waals surface area contributed by atoms with Crippen molar-refractivity contribution in [1.29, 1.82) is 0 Å². The van der Waals surface area contributed by atoms with Crippen molar-refractivity contribution in [2.75, 3.05) is 27.4 Å². The fraction of sp³-hybridized carbons (Fsp3) is 0.476. The van der Waals surface area contributed by atoms with Crippen molar-refractivity contribution in [3.63, 3.8) is 0 Å². The third-order valence-electron chi connectivity index (χ3n) is 4.27. The number of carbonyl (C=O) groups excluding carboxylic acids is 3. The van der Waals surface area contributed by atoms with Gasteiger partial charge < -0.3 is 24.1 Å². The normalized spacial score (nSPS) is 13.6. The van der Waals surface area contributed by atoms with Crippen molar-refractivity contribution in [1.82, 2.24) is 0 Å². The van der Waals surface area contributed by atoms with Crippen LogP contribution in [0.3, 0.4) is 0 Å². The van der Waals surface area contributed by atoms with E-state index in [0.29, 0.717) is 17.1 Å². The molecular weight excluding hydrogens is 380 g/mol. The number of hydrogen-bond donors (Lipinski definition) is 1. The molecule has 8 nitrogen and oxygen atoms in total. The van der Waals surface area contributed by atoms with Gasteiger partial charge >= 0.3 is 11.9 Å². The molecule has 0 radical (unpaired) electrons. The van der Waals surface area contributed by atoms with Crippen molar-refractivity contribution >= 4 is 17.7 Å². The molecule has 2 unspecified atom stereocenters. The molecule has 0 amide bonds. The molecular formula is C21H28O8. The molecule has 0 spiro atoms. The fourth-order valence-electron chi connectivity index (χ4n) is 3.05. The number of esters is 2. The van der Waals surface area contributed by atoms with Gasteiger partial charge in [-0.3, -0.25) is 9.59 Å². The molecule has 29 heavy (non-hydrogen) atoms. The molecule has 2 atom stereocenters. The van der Waals surface area contributed by atoms with Crippen molar-refractivity contribution in [2.24, 2.45) is 5.92 Å². The Bertz CT molecular complexity index is 777. The molecule has 1 rings (SSSR count). The topological polar surface area (TPSA) is 108 Å². The predicted molar refractivity (Wildman–Crippen MR) is 105 cm³/mol. The minimum absolute atomic E-state index is 0.0534. The lowest BCUT2D eigenvalue weighted by atomic mass is 9.77. The van der Waals surface area contributed by atoms with Gasteiger partial charge in [0.1, 0.15) is 17.5 Å². The van der Waals surface area contributed by atoms with Crippen LogP contribution in [-0.4, -0.2) is 50.3 Å². The molecule has 0 heterocycles. The summed E-state index contributed by atoms with van der Waals surface area (Å²) in [5.74, 6) is -4.27. The van der Waals surface area contributed by atoms with Crippen LogP contribution in [0.4, 0.5) is 0 Å². The predicted octanol–water partition coefficient (Wildman–Crippen LogP) is 2.95. The number of benzene rings is 1. The highest BCUT2D eigenvalue weighted by Crippen LogP contribution is 2.39. The maximum atomic E-state index is 12.6. The maximum absolute atomic E-state index is 12.6. The molecule has 0 saturated carbocycles. The van der Waals surface area contributed by atoms with Crippen LogP contribution in [0.5, 0.6) is 11.5 Å². The third kappa shape index (κ3) is 5.73.